The molecule has 2 N–H and O–H groups in total. The average molecular weight is 155 g/mol. The molecule has 3 atom stereocenters. The number of hydrogen-bond acceptors (Lipinski definition) is 2. The molecule has 2 heteroatoms. The van der Waals surface area contributed by atoms with Gasteiger partial charge in [-0.3, -0.25) is 0 Å². The van der Waals surface area contributed by atoms with Crippen molar-refractivity contribution in [2.75, 3.05) is 13.2 Å². The lowest BCUT2D eigenvalue weighted by atomic mass is 9.99. The number of aliphatic hydroxyl groups is 1. The highest BCUT2D eigenvalue weighted by atomic mass is 16.3. The van der Waals surface area contributed by atoms with Gasteiger partial charge in [-0.05, 0) is 24.2 Å². The molecule has 64 valence electrons. The maximum Gasteiger partial charge on any atom is 0.0584 e. The van der Waals surface area contributed by atoms with Crippen LogP contribution in [0.15, 0.2) is 0 Å². The first-order valence-corrected chi connectivity index (χ1v) is 4.65. The van der Waals surface area contributed by atoms with Crippen LogP contribution in [0.5, 0.6) is 0 Å². The van der Waals surface area contributed by atoms with Gasteiger partial charge in [-0.1, -0.05) is 13.3 Å². The summed E-state index contributed by atoms with van der Waals surface area (Å²) in [4.78, 5) is 0. The van der Waals surface area contributed by atoms with E-state index in [0.717, 1.165) is 12.5 Å². The van der Waals surface area contributed by atoms with Crippen molar-refractivity contribution in [3.63, 3.8) is 0 Å². The molecule has 2 aliphatic rings. The smallest absolute Gasteiger partial charge is 0.0584 e. The Labute approximate surface area is 68.0 Å². The van der Waals surface area contributed by atoms with Gasteiger partial charge in [-0.25, -0.2) is 0 Å². The van der Waals surface area contributed by atoms with Gasteiger partial charge >= 0.3 is 0 Å². The summed E-state index contributed by atoms with van der Waals surface area (Å²) in [5, 5.41) is 12.3. The second-order valence-electron chi connectivity index (χ2n) is 4.14. The molecule has 0 aromatic carbocycles. The Morgan fingerprint density at radius 3 is 2.82 bits per heavy atom. The van der Waals surface area contributed by atoms with E-state index in [1.807, 2.05) is 0 Å². The fourth-order valence-electron chi connectivity index (χ4n) is 2.59. The first kappa shape index (κ1) is 7.56. The molecular formula is C9H17NO. The monoisotopic (exact) mass is 155 g/mol. The van der Waals surface area contributed by atoms with Gasteiger partial charge in [0.15, 0.2) is 0 Å². The second kappa shape index (κ2) is 2.46. The maximum absolute atomic E-state index is 8.92. The topological polar surface area (TPSA) is 32.3 Å². The molecule has 1 aliphatic heterocycles. The third-order valence-electron chi connectivity index (χ3n) is 3.47. The van der Waals surface area contributed by atoms with E-state index in [9.17, 15) is 0 Å². The molecule has 1 saturated heterocycles. The Morgan fingerprint density at radius 2 is 2.36 bits per heavy atom. The lowest BCUT2D eigenvalue weighted by molar-refractivity contribution is 0.251. The number of aliphatic hydroxyl groups excluding tert-OH is 1. The lowest BCUT2D eigenvalue weighted by Crippen LogP contribution is -2.24. The van der Waals surface area contributed by atoms with Gasteiger partial charge in [0.05, 0.1) is 6.61 Å². The van der Waals surface area contributed by atoms with Gasteiger partial charge in [-0.15, -0.1) is 0 Å². The Balaban J connectivity index is 1.91. The van der Waals surface area contributed by atoms with Gasteiger partial charge in [0.2, 0.25) is 0 Å². The average Bonchev–Trinajstić information content (AvgIpc) is 2.53. The van der Waals surface area contributed by atoms with Crippen molar-refractivity contribution < 1.29 is 5.11 Å². The molecule has 0 radical (unpaired) electrons. The summed E-state index contributed by atoms with van der Waals surface area (Å²) in [6.07, 6.45) is 3.93. The molecule has 1 saturated carbocycles. The van der Waals surface area contributed by atoms with Crippen LogP contribution in [0.25, 0.3) is 0 Å². The Kier molecular flexibility index (Phi) is 1.69. The maximum atomic E-state index is 8.92. The van der Waals surface area contributed by atoms with Crippen molar-refractivity contribution >= 4 is 0 Å². The Bertz CT molecular complexity index is 156. The molecule has 2 rings (SSSR count). The van der Waals surface area contributed by atoms with Crippen LogP contribution in [0.2, 0.25) is 0 Å². The van der Waals surface area contributed by atoms with E-state index >= 15 is 0 Å². The molecular weight excluding hydrogens is 138 g/mol. The van der Waals surface area contributed by atoms with Crippen molar-refractivity contribution in [1.82, 2.24) is 5.32 Å². The first-order chi connectivity index (χ1) is 5.30. The minimum Gasteiger partial charge on any atom is -0.395 e. The fourth-order valence-corrected chi connectivity index (χ4v) is 2.59. The van der Waals surface area contributed by atoms with E-state index in [1.54, 1.807) is 0 Å². The van der Waals surface area contributed by atoms with Crippen LogP contribution in [0.4, 0.5) is 0 Å². The summed E-state index contributed by atoms with van der Waals surface area (Å²) < 4.78 is 0. The zero-order valence-corrected chi connectivity index (χ0v) is 7.14. The minimum absolute atomic E-state index is 0.318. The molecule has 0 aromatic rings. The molecule has 0 aromatic heterocycles. The molecule has 1 spiro atoms. The number of rotatable bonds is 2. The molecule has 2 fully saturated rings. The van der Waals surface area contributed by atoms with E-state index in [0.29, 0.717) is 18.1 Å². The van der Waals surface area contributed by atoms with Crippen LogP contribution in [0, 0.1) is 11.3 Å². The lowest BCUT2D eigenvalue weighted by Gasteiger charge is -2.05. The number of nitrogens with one attached hydrogen (secondary N) is 1. The minimum atomic E-state index is 0.318. The molecule has 2 unspecified atom stereocenters. The van der Waals surface area contributed by atoms with Gasteiger partial charge in [0, 0.05) is 12.6 Å². The second-order valence-corrected chi connectivity index (χ2v) is 4.14. The van der Waals surface area contributed by atoms with Crippen molar-refractivity contribution in [1.29, 1.82) is 0 Å². The predicted molar refractivity (Wildman–Crippen MR) is 44.3 cm³/mol. The van der Waals surface area contributed by atoms with E-state index < -0.39 is 0 Å². The van der Waals surface area contributed by atoms with E-state index in [1.165, 1.54) is 19.3 Å². The van der Waals surface area contributed by atoms with Crippen LogP contribution in [-0.4, -0.2) is 24.3 Å². The molecule has 2 nitrogen and oxygen atoms in total. The summed E-state index contributed by atoms with van der Waals surface area (Å²) in [6, 6.07) is 0.395. The van der Waals surface area contributed by atoms with Crippen molar-refractivity contribution in [3.05, 3.63) is 0 Å². The van der Waals surface area contributed by atoms with Gasteiger partial charge in [0.1, 0.15) is 0 Å². The summed E-state index contributed by atoms with van der Waals surface area (Å²) in [6.45, 7) is 3.74. The van der Waals surface area contributed by atoms with Gasteiger partial charge in [0.25, 0.3) is 0 Å². The predicted octanol–water partition coefficient (Wildman–Crippen LogP) is 0.757. The standard InChI is InChI=1S/C9H17NO/c1-2-7-3-9(7)4-8(5-11)10-6-9/h7-8,10-11H,2-6H2,1H3/t7-,8?,9?/m0/s1. The normalized spacial score (nSPS) is 48.5. The van der Waals surface area contributed by atoms with E-state index in [4.69, 9.17) is 5.11 Å². The van der Waals surface area contributed by atoms with Crippen LogP contribution in [0.3, 0.4) is 0 Å². The number of hydrogen-bond donors (Lipinski definition) is 2. The van der Waals surface area contributed by atoms with Crippen molar-refractivity contribution in [3.8, 4) is 0 Å². The molecule has 0 amide bonds. The zero-order valence-electron chi connectivity index (χ0n) is 7.14. The Morgan fingerprint density at radius 1 is 1.55 bits per heavy atom. The summed E-state index contributed by atoms with van der Waals surface area (Å²) in [7, 11) is 0. The highest BCUT2D eigenvalue weighted by Crippen LogP contribution is 2.59. The highest BCUT2D eigenvalue weighted by Gasteiger charge is 2.55. The van der Waals surface area contributed by atoms with Crippen molar-refractivity contribution in [2.24, 2.45) is 11.3 Å². The summed E-state index contributed by atoms with van der Waals surface area (Å²) >= 11 is 0. The third-order valence-corrected chi connectivity index (χ3v) is 3.47. The van der Waals surface area contributed by atoms with E-state index in [2.05, 4.69) is 12.2 Å². The molecule has 0 bridgehead atoms. The van der Waals surface area contributed by atoms with E-state index in [-0.39, 0.29) is 0 Å². The van der Waals surface area contributed by atoms with Crippen molar-refractivity contribution in [2.45, 2.75) is 32.2 Å². The van der Waals surface area contributed by atoms with Gasteiger partial charge < -0.3 is 10.4 Å². The highest BCUT2D eigenvalue weighted by molar-refractivity contribution is 5.08. The fraction of sp³-hybridized carbons (Fsp3) is 1.00. The van der Waals surface area contributed by atoms with Crippen LogP contribution < -0.4 is 5.32 Å². The van der Waals surface area contributed by atoms with Gasteiger partial charge in [-0.2, -0.15) is 0 Å². The summed E-state index contributed by atoms with van der Waals surface area (Å²) in [5.41, 5.74) is 0.613. The summed E-state index contributed by atoms with van der Waals surface area (Å²) in [5.74, 6) is 0.951. The van der Waals surface area contributed by atoms with Crippen LogP contribution in [-0.2, 0) is 0 Å². The third kappa shape index (κ3) is 1.09. The quantitative estimate of drug-likeness (QED) is 0.617. The first-order valence-electron chi connectivity index (χ1n) is 4.65. The van der Waals surface area contributed by atoms with Crippen LogP contribution >= 0.6 is 0 Å². The molecule has 11 heavy (non-hydrogen) atoms. The van der Waals surface area contributed by atoms with Crippen LogP contribution in [0.1, 0.15) is 26.2 Å². The molecule has 1 aliphatic carbocycles. The SMILES string of the molecule is CC[C@H]1CC12CNC(CO)C2. The molecule has 1 heterocycles. The zero-order chi connectivity index (χ0) is 7.90. The largest absolute Gasteiger partial charge is 0.395 e. The Hall–Kier alpha value is -0.0800.